The van der Waals surface area contributed by atoms with Crippen molar-refractivity contribution in [3.63, 3.8) is 0 Å². The Balaban J connectivity index is 1.64. The number of aryl methyl sites for hydroxylation is 1. The van der Waals surface area contributed by atoms with E-state index in [4.69, 9.17) is 0 Å². The molecule has 1 aromatic rings. The number of hydrogen-bond donors (Lipinski definition) is 1. The lowest BCUT2D eigenvalue weighted by atomic mass is 9.98. The van der Waals surface area contributed by atoms with E-state index in [1.54, 1.807) is 11.1 Å². The van der Waals surface area contributed by atoms with Crippen LogP contribution in [0.3, 0.4) is 0 Å². The molecular weight excluding hydrogens is 232 g/mol. The first kappa shape index (κ1) is 13.1. The minimum atomic E-state index is 0.588. The van der Waals surface area contributed by atoms with E-state index in [0.29, 0.717) is 6.04 Å². The highest BCUT2D eigenvalue weighted by Crippen LogP contribution is 2.28. The van der Waals surface area contributed by atoms with Crippen molar-refractivity contribution in [2.45, 2.75) is 38.1 Å². The molecule has 1 aromatic carbocycles. The SMILES string of the molecule is CN1CCC(CNC2CCCCc3ccccc32)C1. The Kier molecular flexibility index (Phi) is 4.19. The normalized spacial score (nSPS) is 28.1. The van der Waals surface area contributed by atoms with E-state index in [1.165, 1.54) is 51.7 Å². The molecule has 1 saturated heterocycles. The van der Waals surface area contributed by atoms with Gasteiger partial charge in [-0.05, 0) is 62.9 Å². The Morgan fingerprint density at radius 2 is 2.11 bits per heavy atom. The van der Waals surface area contributed by atoms with E-state index in [-0.39, 0.29) is 0 Å². The zero-order valence-corrected chi connectivity index (χ0v) is 12.1. The van der Waals surface area contributed by atoms with Crippen LogP contribution in [0, 0.1) is 5.92 Å². The smallest absolute Gasteiger partial charge is 0.0323 e. The first-order chi connectivity index (χ1) is 9.33. The summed E-state index contributed by atoms with van der Waals surface area (Å²) in [5, 5.41) is 3.85. The van der Waals surface area contributed by atoms with E-state index in [1.807, 2.05) is 0 Å². The van der Waals surface area contributed by atoms with Gasteiger partial charge < -0.3 is 10.2 Å². The third kappa shape index (κ3) is 3.18. The van der Waals surface area contributed by atoms with Crippen molar-refractivity contribution >= 4 is 0 Å². The lowest BCUT2D eigenvalue weighted by Gasteiger charge is -2.21. The van der Waals surface area contributed by atoms with Crippen LogP contribution in [-0.2, 0) is 6.42 Å². The van der Waals surface area contributed by atoms with Crippen LogP contribution in [0.2, 0.25) is 0 Å². The number of hydrogen-bond acceptors (Lipinski definition) is 2. The average Bonchev–Trinajstić information content (AvgIpc) is 2.73. The number of benzene rings is 1. The lowest BCUT2D eigenvalue weighted by molar-refractivity contribution is 0.374. The Bertz CT molecular complexity index is 415. The zero-order chi connectivity index (χ0) is 13.1. The predicted octanol–water partition coefficient (Wildman–Crippen LogP) is 3.00. The summed E-state index contributed by atoms with van der Waals surface area (Å²) in [5.41, 5.74) is 3.13. The van der Waals surface area contributed by atoms with E-state index in [2.05, 4.69) is 41.5 Å². The summed E-state index contributed by atoms with van der Waals surface area (Å²) in [4.78, 5) is 2.45. The van der Waals surface area contributed by atoms with E-state index in [0.717, 1.165) is 5.92 Å². The molecule has 0 bridgehead atoms. The fourth-order valence-corrected chi connectivity index (χ4v) is 3.64. The van der Waals surface area contributed by atoms with Gasteiger partial charge in [-0.1, -0.05) is 30.7 Å². The summed E-state index contributed by atoms with van der Waals surface area (Å²) in [7, 11) is 2.24. The molecule has 0 spiro atoms. The van der Waals surface area contributed by atoms with Gasteiger partial charge in [-0.3, -0.25) is 0 Å². The third-order valence-corrected chi connectivity index (χ3v) is 4.76. The van der Waals surface area contributed by atoms with Gasteiger partial charge in [-0.2, -0.15) is 0 Å². The molecule has 1 aliphatic carbocycles. The summed E-state index contributed by atoms with van der Waals surface area (Å²) in [6, 6.07) is 9.62. The van der Waals surface area contributed by atoms with Crippen LogP contribution in [0.15, 0.2) is 24.3 Å². The number of likely N-dealkylation sites (tertiary alicyclic amines) is 1. The maximum absolute atomic E-state index is 3.85. The molecule has 2 nitrogen and oxygen atoms in total. The van der Waals surface area contributed by atoms with Gasteiger partial charge in [-0.15, -0.1) is 0 Å². The highest BCUT2D eigenvalue weighted by Gasteiger charge is 2.22. The maximum Gasteiger partial charge on any atom is 0.0323 e. The second-order valence-corrected chi connectivity index (χ2v) is 6.32. The first-order valence-electron chi connectivity index (χ1n) is 7.82. The number of rotatable bonds is 3. The van der Waals surface area contributed by atoms with Crippen LogP contribution < -0.4 is 5.32 Å². The largest absolute Gasteiger partial charge is 0.310 e. The van der Waals surface area contributed by atoms with Crippen molar-refractivity contribution in [3.8, 4) is 0 Å². The highest BCUT2D eigenvalue weighted by atomic mass is 15.1. The topological polar surface area (TPSA) is 15.3 Å². The van der Waals surface area contributed by atoms with Crippen molar-refractivity contribution in [3.05, 3.63) is 35.4 Å². The number of nitrogens with one attached hydrogen (secondary N) is 1. The lowest BCUT2D eigenvalue weighted by Crippen LogP contribution is -2.29. The second kappa shape index (κ2) is 6.06. The van der Waals surface area contributed by atoms with E-state index in [9.17, 15) is 0 Å². The molecule has 1 fully saturated rings. The monoisotopic (exact) mass is 258 g/mol. The second-order valence-electron chi connectivity index (χ2n) is 6.32. The molecular formula is C17H26N2. The van der Waals surface area contributed by atoms with Gasteiger partial charge in [0, 0.05) is 12.6 Å². The molecule has 104 valence electrons. The van der Waals surface area contributed by atoms with Crippen LogP contribution >= 0.6 is 0 Å². The van der Waals surface area contributed by atoms with Crippen molar-refractivity contribution < 1.29 is 0 Å². The molecule has 0 saturated carbocycles. The maximum atomic E-state index is 3.85. The van der Waals surface area contributed by atoms with Gasteiger partial charge in [0.05, 0.1) is 0 Å². The van der Waals surface area contributed by atoms with Crippen molar-refractivity contribution in [2.75, 3.05) is 26.7 Å². The minimum Gasteiger partial charge on any atom is -0.310 e. The Hall–Kier alpha value is -0.860. The summed E-state index contributed by atoms with van der Waals surface area (Å²) < 4.78 is 0. The molecule has 2 atom stereocenters. The summed E-state index contributed by atoms with van der Waals surface area (Å²) in [6.45, 7) is 3.72. The summed E-state index contributed by atoms with van der Waals surface area (Å²) >= 11 is 0. The van der Waals surface area contributed by atoms with E-state index >= 15 is 0 Å². The molecule has 19 heavy (non-hydrogen) atoms. The molecule has 0 aromatic heterocycles. The van der Waals surface area contributed by atoms with Crippen LogP contribution in [0.5, 0.6) is 0 Å². The highest BCUT2D eigenvalue weighted by molar-refractivity contribution is 5.31. The molecule has 2 unspecified atom stereocenters. The van der Waals surface area contributed by atoms with Crippen LogP contribution in [0.1, 0.15) is 42.9 Å². The van der Waals surface area contributed by atoms with E-state index < -0.39 is 0 Å². The number of nitrogens with zero attached hydrogens (tertiary/aromatic N) is 1. The fourth-order valence-electron chi connectivity index (χ4n) is 3.64. The first-order valence-corrected chi connectivity index (χ1v) is 7.82. The van der Waals surface area contributed by atoms with Crippen LogP contribution in [-0.4, -0.2) is 31.6 Å². The van der Waals surface area contributed by atoms with Gasteiger partial charge in [-0.25, -0.2) is 0 Å². The van der Waals surface area contributed by atoms with Crippen molar-refractivity contribution in [1.82, 2.24) is 10.2 Å². The quantitative estimate of drug-likeness (QED) is 0.839. The number of fused-ring (bicyclic) bond motifs is 1. The van der Waals surface area contributed by atoms with Gasteiger partial charge in [0.2, 0.25) is 0 Å². The molecule has 2 heteroatoms. The van der Waals surface area contributed by atoms with Crippen molar-refractivity contribution in [1.29, 1.82) is 0 Å². The van der Waals surface area contributed by atoms with Gasteiger partial charge in [0.1, 0.15) is 0 Å². The Morgan fingerprint density at radius 3 is 2.95 bits per heavy atom. The molecule has 0 amide bonds. The Morgan fingerprint density at radius 1 is 1.21 bits per heavy atom. The molecule has 1 heterocycles. The van der Waals surface area contributed by atoms with Gasteiger partial charge in [0.25, 0.3) is 0 Å². The van der Waals surface area contributed by atoms with Gasteiger partial charge >= 0.3 is 0 Å². The van der Waals surface area contributed by atoms with Gasteiger partial charge in [0.15, 0.2) is 0 Å². The van der Waals surface area contributed by atoms with Crippen LogP contribution in [0.25, 0.3) is 0 Å². The van der Waals surface area contributed by atoms with Crippen molar-refractivity contribution in [2.24, 2.45) is 5.92 Å². The average molecular weight is 258 g/mol. The fraction of sp³-hybridized carbons (Fsp3) is 0.647. The molecule has 1 N–H and O–H groups in total. The summed E-state index contributed by atoms with van der Waals surface area (Å²) in [5.74, 6) is 0.848. The minimum absolute atomic E-state index is 0.588. The summed E-state index contributed by atoms with van der Waals surface area (Å²) in [6.07, 6.45) is 6.64. The molecule has 1 aliphatic heterocycles. The Labute approximate surface area is 117 Å². The third-order valence-electron chi connectivity index (χ3n) is 4.76. The molecule has 3 rings (SSSR count). The van der Waals surface area contributed by atoms with Crippen LogP contribution in [0.4, 0.5) is 0 Å². The standard InChI is InChI=1S/C17H26N2/c1-19-11-10-14(13-19)12-18-17-9-5-3-7-15-6-2-4-8-16(15)17/h2,4,6,8,14,17-18H,3,5,7,9-13H2,1H3. The molecule has 2 aliphatic rings. The predicted molar refractivity (Wildman–Crippen MR) is 80.3 cm³/mol. The molecule has 0 radical (unpaired) electrons. The zero-order valence-electron chi connectivity index (χ0n) is 12.1.